The van der Waals surface area contributed by atoms with Crippen LogP contribution in [0.2, 0.25) is 0 Å². The van der Waals surface area contributed by atoms with Gasteiger partial charge in [0.25, 0.3) is 0 Å². The van der Waals surface area contributed by atoms with Crippen molar-refractivity contribution in [1.29, 1.82) is 0 Å². The Kier molecular flexibility index (Phi) is 5.56. The average Bonchev–Trinajstić information content (AvgIpc) is 2.90. The fourth-order valence-corrected chi connectivity index (χ4v) is 3.78. The quantitative estimate of drug-likeness (QED) is 0.570. The summed E-state index contributed by atoms with van der Waals surface area (Å²) in [6, 6.07) is 17.0. The fourth-order valence-electron chi connectivity index (χ4n) is 3.78. The molecule has 0 amide bonds. The summed E-state index contributed by atoms with van der Waals surface area (Å²) in [6.45, 7) is 8.53. The Morgan fingerprint density at radius 1 is 0.615 bits per heavy atom. The first kappa shape index (κ1) is 18.4. The number of benzene rings is 2. The number of aryl methyl sites for hydroxylation is 2. The number of Topliss-reactive ketones (excluding diaryl/α,β-unsaturated/α-hetero) is 1. The van der Waals surface area contributed by atoms with E-state index in [0.717, 1.165) is 53.5 Å². The lowest BCUT2D eigenvalue weighted by molar-refractivity contribution is -0.110. The number of hydrogen-bond donors (Lipinski definition) is 0. The molecule has 3 rings (SSSR count). The van der Waals surface area contributed by atoms with Crippen LogP contribution < -0.4 is 0 Å². The van der Waals surface area contributed by atoms with Gasteiger partial charge in [0.05, 0.1) is 0 Å². The van der Waals surface area contributed by atoms with E-state index >= 15 is 0 Å². The van der Waals surface area contributed by atoms with Crippen molar-refractivity contribution in [2.24, 2.45) is 0 Å². The molecule has 0 bridgehead atoms. The first-order valence-corrected chi connectivity index (χ1v) is 9.72. The highest BCUT2D eigenvalue weighted by atomic mass is 16.1. The Morgan fingerprint density at radius 2 is 1.04 bits per heavy atom. The lowest BCUT2D eigenvalue weighted by Gasteiger charge is -2.12. The van der Waals surface area contributed by atoms with Gasteiger partial charge < -0.3 is 0 Å². The molecule has 1 aliphatic carbocycles. The minimum Gasteiger partial charge on any atom is -0.289 e. The predicted octanol–water partition coefficient (Wildman–Crippen LogP) is 6.69. The number of rotatable bonds is 6. The maximum atomic E-state index is 13.4. The zero-order valence-electron chi connectivity index (χ0n) is 16.4. The van der Waals surface area contributed by atoms with Crippen LogP contribution in [0.25, 0.3) is 11.1 Å². The Labute approximate surface area is 157 Å². The molecule has 0 N–H and O–H groups in total. The van der Waals surface area contributed by atoms with Gasteiger partial charge in [0.15, 0.2) is 5.78 Å². The molecule has 0 atom stereocenters. The minimum absolute atomic E-state index is 0.231. The second-order valence-electron chi connectivity index (χ2n) is 7.27. The largest absolute Gasteiger partial charge is 0.289 e. The Bertz CT molecular complexity index is 861. The molecule has 0 saturated carbocycles. The van der Waals surface area contributed by atoms with Gasteiger partial charge in [-0.15, -0.1) is 0 Å². The van der Waals surface area contributed by atoms with Crippen LogP contribution in [0, 0.1) is 13.8 Å². The number of allylic oxidation sites excluding steroid dienone is 4. The van der Waals surface area contributed by atoms with E-state index < -0.39 is 0 Å². The maximum absolute atomic E-state index is 13.4. The molecule has 134 valence electrons. The van der Waals surface area contributed by atoms with Gasteiger partial charge in [-0.05, 0) is 49.0 Å². The number of ketones is 1. The van der Waals surface area contributed by atoms with E-state index in [-0.39, 0.29) is 5.78 Å². The van der Waals surface area contributed by atoms with Crippen LogP contribution in [-0.4, -0.2) is 5.78 Å². The topological polar surface area (TPSA) is 17.1 Å². The summed E-state index contributed by atoms with van der Waals surface area (Å²) in [7, 11) is 0. The summed E-state index contributed by atoms with van der Waals surface area (Å²) < 4.78 is 0. The van der Waals surface area contributed by atoms with Crippen LogP contribution >= 0.6 is 0 Å². The highest BCUT2D eigenvalue weighted by Gasteiger charge is 2.32. The van der Waals surface area contributed by atoms with Gasteiger partial charge in [0.1, 0.15) is 0 Å². The molecule has 0 fully saturated rings. The molecule has 0 radical (unpaired) electrons. The third kappa shape index (κ3) is 3.44. The molecule has 1 aliphatic rings. The van der Waals surface area contributed by atoms with Crippen LogP contribution in [-0.2, 0) is 4.79 Å². The molecule has 0 heterocycles. The van der Waals surface area contributed by atoms with Gasteiger partial charge in [0, 0.05) is 11.1 Å². The monoisotopic (exact) mass is 344 g/mol. The van der Waals surface area contributed by atoms with Crippen LogP contribution in [0.3, 0.4) is 0 Å². The molecule has 0 spiro atoms. The van der Waals surface area contributed by atoms with Crippen molar-refractivity contribution in [2.75, 3.05) is 0 Å². The van der Waals surface area contributed by atoms with Crippen LogP contribution in [0.15, 0.2) is 59.7 Å². The van der Waals surface area contributed by atoms with Crippen molar-refractivity contribution >= 4 is 16.9 Å². The molecule has 0 aromatic heterocycles. The molecular formula is C25H28O. The number of carbonyl (C=O) groups excluding carboxylic acids is 1. The average molecular weight is 344 g/mol. The summed E-state index contributed by atoms with van der Waals surface area (Å²) in [6.07, 6.45) is 3.86. The molecule has 1 nitrogen and oxygen atoms in total. The van der Waals surface area contributed by atoms with Gasteiger partial charge in [-0.3, -0.25) is 4.79 Å². The summed E-state index contributed by atoms with van der Waals surface area (Å²) in [5.74, 6) is 0.231. The lowest BCUT2D eigenvalue weighted by atomic mass is 9.91. The van der Waals surface area contributed by atoms with Crippen molar-refractivity contribution in [3.63, 3.8) is 0 Å². The third-order valence-corrected chi connectivity index (χ3v) is 5.10. The molecule has 26 heavy (non-hydrogen) atoms. The standard InChI is InChI=1S/C25H28O/c1-5-7-21-22(8-6-2)25(26)24(20-15-11-18(4)12-16-20)23(21)19-13-9-17(3)10-14-19/h9-16H,5-8H2,1-4H3. The molecule has 0 unspecified atom stereocenters. The minimum atomic E-state index is 0.231. The molecule has 0 aliphatic heterocycles. The second-order valence-corrected chi connectivity index (χ2v) is 7.27. The Balaban J connectivity index is 2.25. The molecule has 0 saturated heterocycles. The molecule has 1 heteroatoms. The van der Waals surface area contributed by atoms with Gasteiger partial charge >= 0.3 is 0 Å². The summed E-state index contributed by atoms with van der Waals surface area (Å²) in [5, 5.41) is 0. The van der Waals surface area contributed by atoms with Crippen molar-refractivity contribution < 1.29 is 4.79 Å². The van der Waals surface area contributed by atoms with Gasteiger partial charge in [-0.2, -0.15) is 0 Å². The van der Waals surface area contributed by atoms with Crippen LogP contribution in [0.1, 0.15) is 61.8 Å². The highest BCUT2D eigenvalue weighted by molar-refractivity contribution is 6.40. The van der Waals surface area contributed by atoms with E-state index in [1.54, 1.807) is 0 Å². The van der Waals surface area contributed by atoms with E-state index in [1.807, 2.05) is 0 Å². The molecule has 2 aromatic carbocycles. The second kappa shape index (κ2) is 7.86. The first-order valence-electron chi connectivity index (χ1n) is 9.72. The SMILES string of the molecule is CCCC1=C(CCC)C(c2ccc(C)cc2)=C(c2ccc(C)cc2)C1=O. The van der Waals surface area contributed by atoms with E-state index in [2.05, 4.69) is 76.2 Å². The summed E-state index contributed by atoms with van der Waals surface area (Å²) >= 11 is 0. The van der Waals surface area contributed by atoms with Gasteiger partial charge in [0.2, 0.25) is 0 Å². The lowest BCUT2D eigenvalue weighted by Crippen LogP contribution is -2.02. The number of carbonyl (C=O) groups is 1. The van der Waals surface area contributed by atoms with E-state index in [1.165, 1.54) is 16.7 Å². The van der Waals surface area contributed by atoms with Gasteiger partial charge in [-0.1, -0.05) is 86.3 Å². The summed E-state index contributed by atoms with van der Waals surface area (Å²) in [4.78, 5) is 13.4. The van der Waals surface area contributed by atoms with E-state index in [9.17, 15) is 4.79 Å². The molecular weight excluding hydrogens is 316 g/mol. The van der Waals surface area contributed by atoms with E-state index in [4.69, 9.17) is 0 Å². The van der Waals surface area contributed by atoms with Crippen molar-refractivity contribution in [1.82, 2.24) is 0 Å². The molecule has 2 aromatic rings. The predicted molar refractivity (Wildman–Crippen MR) is 111 cm³/mol. The highest BCUT2D eigenvalue weighted by Crippen LogP contribution is 2.44. The Hall–Kier alpha value is -2.41. The van der Waals surface area contributed by atoms with E-state index in [0.29, 0.717) is 0 Å². The van der Waals surface area contributed by atoms with Crippen molar-refractivity contribution in [3.05, 3.63) is 81.9 Å². The maximum Gasteiger partial charge on any atom is 0.190 e. The van der Waals surface area contributed by atoms with Crippen molar-refractivity contribution in [3.8, 4) is 0 Å². The van der Waals surface area contributed by atoms with Gasteiger partial charge in [-0.25, -0.2) is 0 Å². The first-order chi connectivity index (χ1) is 12.6. The zero-order valence-corrected chi connectivity index (χ0v) is 16.4. The summed E-state index contributed by atoms with van der Waals surface area (Å²) in [5.41, 5.74) is 8.99. The van der Waals surface area contributed by atoms with Crippen LogP contribution in [0.4, 0.5) is 0 Å². The fraction of sp³-hybridized carbons (Fsp3) is 0.320. The smallest absolute Gasteiger partial charge is 0.190 e. The van der Waals surface area contributed by atoms with Crippen molar-refractivity contribution in [2.45, 2.75) is 53.4 Å². The zero-order chi connectivity index (χ0) is 18.7. The normalized spacial score (nSPS) is 14.5. The third-order valence-electron chi connectivity index (χ3n) is 5.10. The Morgan fingerprint density at radius 3 is 1.50 bits per heavy atom. The van der Waals surface area contributed by atoms with Crippen LogP contribution in [0.5, 0.6) is 0 Å². The number of hydrogen-bond acceptors (Lipinski definition) is 1.